The largest absolute Gasteiger partial charge is 0.508 e. The van der Waals surface area contributed by atoms with E-state index in [-0.39, 0.29) is 40.6 Å². The van der Waals surface area contributed by atoms with Crippen molar-refractivity contribution in [2.75, 3.05) is 25.4 Å². The molecule has 1 fully saturated rings. The van der Waals surface area contributed by atoms with Gasteiger partial charge in [-0.1, -0.05) is 26.0 Å². The number of hydrogen-bond donors (Lipinski definition) is 4. The summed E-state index contributed by atoms with van der Waals surface area (Å²) in [5.41, 5.74) is 11.6. The molecule has 2 unspecified atom stereocenters. The van der Waals surface area contributed by atoms with Gasteiger partial charge in [0.2, 0.25) is 5.91 Å². The molecular formula is C23H31N5O5S. The van der Waals surface area contributed by atoms with Crippen molar-refractivity contribution in [3.8, 4) is 5.75 Å². The van der Waals surface area contributed by atoms with Crippen LogP contribution >= 0.6 is 11.5 Å². The van der Waals surface area contributed by atoms with Crippen molar-refractivity contribution in [1.82, 2.24) is 14.6 Å². The normalized spacial score (nSPS) is 16.4. The van der Waals surface area contributed by atoms with Gasteiger partial charge in [0.1, 0.15) is 16.7 Å². The number of anilines is 1. The lowest BCUT2D eigenvalue weighted by Crippen LogP contribution is -2.47. The Bertz CT molecular complexity index is 1020. The summed E-state index contributed by atoms with van der Waals surface area (Å²) < 4.78 is 9.70. The van der Waals surface area contributed by atoms with Gasteiger partial charge in [-0.3, -0.25) is 14.4 Å². The number of phenols is 1. The fraction of sp³-hybridized carbons (Fsp3) is 0.478. The number of benzene rings is 1. The van der Waals surface area contributed by atoms with Gasteiger partial charge >= 0.3 is 0 Å². The summed E-state index contributed by atoms with van der Waals surface area (Å²) >= 11 is 0.768. The van der Waals surface area contributed by atoms with E-state index in [1.54, 1.807) is 12.1 Å². The van der Waals surface area contributed by atoms with Crippen LogP contribution in [0.3, 0.4) is 0 Å². The number of nitrogens with zero attached hydrogens (tertiary/aromatic N) is 2. The molecule has 2 aromatic rings. The number of nitrogens with one attached hydrogen (secondary N) is 1. The molecule has 1 saturated heterocycles. The fourth-order valence-electron chi connectivity index (χ4n) is 3.78. The number of primary amides is 1. The SMILES string of the molecule is CC(C)CCNC(=O)C(c1ccc(O)cc1)N(CC1CCCO1)C(=O)c1snc(C(N)=O)c1N. The zero-order valence-electron chi connectivity index (χ0n) is 19.3. The minimum Gasteiger partial charge on any atom is -0.508 e. The summed E-state index contributed by atoms with van der Waals surface area (Å²) in [4.78, 5) is 40.2. The first-order valence-electron chi connectivity index (χ1n) is 11.2. The van der Waals surface area contributed by atoms with Crippen molar-refractivity contribution >= 4 is 34.9 Å². The summed E-state index contributed by atoms with van der Waals surface area (Å²) in [6.07, 6.45) is 2.12. The molecule has 1 aliphatic rings. The number of rotatable bonds is 10. The molecule has 184 valence electrons. The second-order valence-electron chi connectivity index (χ2n) is 8.70. The third-order valence-electron chi connectivity index (χ3n) is 5.63. The number of hydrogen-bond acceptors (Lipinski definition) is 8. The van der Waals surface area contributed by atoms with E-state index in [2.05, 4.69) is 23.5 Å². The van der Waals surface area contributed by atoms with E-state index >= 15 is 0 Å². The first-order valence-corrected chi connectivity index (χ1v) is 12.0. The lowest BCUT2D eigenvalue weighted by Gasteiger charge is -2.33. The van der Waals surface area contributed by atoms with E-state index in [1.807, 2.05) is 0 Å². The molecule has 3 amide bonds. The highest BCUT2D eigenvalue weighted by Gasteiger charge is 2.36. The topological polar surface area (TPSA) is 161 Å². The molecule has 11 heteroatoms. The predicted octanol–water partition coefficient (Wildman–Crippen LogP) is 2.05. The lowest BCUT2D eigenvalue weighted by atomic mass is 10.0. The number of amides is 3. The minimum atomic E-state index is -1.01. The van der Waals surface area contributed by atoms with Crippen LogP contribution in [0.2, 0.25) is 0 Å². The van der Waals surface area contributed by atoms with Gasteiger partial charge in [-0.15, -0.1) is 0 Å². The molecule has 34 heavy (non-hydrogen) atoms. The van der Waals surface area contributed by atoms with Gasteiger partial charge in [-0.2, -0.15) is 4.37 Å². The van der Waals surface area contributed by atoms with Crippen LogP contribution in [0, 0.1) is 5.92 Å². The van der Waals surface area contributed by atoms with E-state index in [4.69, 9.17) is 16.2 Å². The number of carbonyl (C=O) groups excluding carboxylic acids is 3. The molecule has 1 aromatic carbocycles. The van der Waals surface area contributed by atoms with Crippen molar-refractivity contribution in [3.05, 3.63) is 40.4 Å². The Labute approximate surface area is 202 Å². The van der Waals surface area contributed by atoms with Crippen LogP contribution < -0.4 is 16.8 Å². The number of nitrogens with two attached hydrogens (primary N) is 2. The van der Waals surface area contributed by atoms with Gasteiger partial charge in [-0.05, 0) is 54.4 Å². The number of nitrogen functional groups attached to an aromatic ring is 1. The summed E-state index contributed by atoms with van der Waals surface area (Å²) in [5.74, 6) is -1.32. The molecule has 6 N–H and O–H groups in total. The molecule has 2 heterocycles. The minimum absolute atomic E-state index is 0.0329. The number of aromatic nitrogens is 1. The molecule has 0 spiro atoms. The highest BCUT2D eigenvalue weighted by Crippen LogP contribution is 2.31. The van der Waals surface area contributed by atoms with Crippen molar-refractivity contribution < 1.29 is 24.2 Å². The Hall–Kier alpha value is -3.18. The molecule has 3 rings (SSSR count). The summed E-state index contributed by atoms with van der Waals surface area (Å²) in [7, 11) is 0. The van der Waals surface area contributed by atoms with E-state index in [0.29, 0.717) is 24.6 Å². The summed E-state index contributed by atoms with van der Waals surface area (Å²) in [5, 5.41) is 12.7. The summed E-state index contributed by atoms with van der Waals surface area (Å²) in [6.45, 7) is 5.28. The Balaban J connectivity index is 2.01. The molecule has 0 saturated carbocycles. The number of carbonyl (C=O) groups is 3. The quantitative estimate of drug-likeness (QED) is 0.397. The van der Waals surface area contributed by atoms with Crippen molar-refractivity contribution in [3.63, 3.8) is 0 Å². The molecule has 0 radical (unpaired) electrons. The summed E-state index contributed by atoms with van der Waals surface area (Å²) in [6, 6.07) is 5.11. The van der Waals surface area contributed by atoms with Crippen LogP contribution in [0.25, 0.3) is 0 Å². The third kappa shape index (κ3) is 6.03. The maximum atomic E-state index is 13.7. The van der Waals surface area contributed by atoms with Crippen LogP contribution in [-0.4, -0.2) is 57.9 Å². The molecular weight excluding hydrogens is 458 g/mol. The Morgan fingerprint density at radius 2 is 2.00 bits per heavy atom. The molecule has 2 atom stereocenters. The van der Waals surface area contributed by atoms with E-state index < -0.39 is 17.9 Å². The van der Waals surface area contributed by atoms with E-state index in [1.165, 1.54) is 17.0 Å². The van der Waals surface area contributed by atoms with Gasteiger partial charge in [0.25, 0.3) is 11.8 Å². The average Bonchev–Trinajstić information content (AvgIpc) is 3.43. The predicted molar refractivity (Wildman–Crippen MR) is 128 cm³/mol. The van der Waals surface area contributed by atoms with Gasteiger partial charge < -0.3 is 31.5 Å². The maximum Gasteiger partial charge on any atom is 0.270 e. The smallest absolute Gasteiger partial charge is 0.270 e. The van der Waals surface area contributed by atoms with Gasteiger partial charge in [0, 0.05) is 19.7 Å². The standard InChI is InChI=1S/C23H31N5O5S/c1-13(2)9-10-26-22(31)19(14-5-7-15(29)8-6-14)28(12-16-4-3-11-33-16)23(32)20-17(24)18(21(25)30)27-34-20/h5-8,13,16,19,29H,3-4,9-12,24H2,1-2H3,(H2,25,30)(H,26,31). The number of aromatic hydroxyl groups is 1. The first-order chi connectivity index (χ1) is 16.2. The maximum absolute atomic E-state index is 13.7. The van der Waals surface area contributed by atoms with Crippen molar-refractivity contribution in [1.29, 1.82) is 0 Å². The van der Waals surface area contributed by atoms with Crippen LogP contribution in [-0.2, 0) is 9.53 Å². The molecule has 0 bridgehead atoms. The highest BCUT2D eigenvalue weighted by molar-refractivity contribution is 7.09. The molecule has 1 aliphatic heterocycles. The second kappa shape index (κ2) is 11.3. The Kier molecular flexibility index (Phi) is 8.46. The van der Waals surface area contributed by atoms with Gasteiger partial charge in [-0.25, -0.2) is 0 Å². The zero-order valence-corrected chi connectivity index (χ0v) is 20.1. The number of phenolic OH excluding ortho intramolecular Hbond substituents is 1. The van der Waals surface area contributed by atoms with Crippen LogP contribution in [0.4, 0.5) is 5.69 Å². The third-order valence-corrected chi connectivity index (χ3v) is 6.48. The van der Waals surface area contributed by atoms with Gasteiger partial charge in [0.15, 0.2) is 5.69 Å². The highest BCUT2D eigenvalue weighted by atomic mass is 32.1. The monoisotopic (exact) mass is 489 g/mol. The van der Waals surface area contributed by atoms with Crippen molar-refractivity contribution in [2.24, 2.45) is 11.7 Å². The Morgan fingerprint density at radius 3 is 2.56 bits per heavy atom. The second-order valence-corrected chi connectivity index (χ2v) is 9.47. The Morgan fingerprint density at radius 1 is 1.29 bits per heavy atom. The van der Waals surface area contributed by atoms with Crippen molar-refractivity contribution in [2.45, 2.75) is 45.3 Å². The fourth-order valence-corrected chi connectivity index (χ4v) is 4.54. The lowest BCUT2D eigenvalue weighted by molar-refractivity contribution is -0.126. The van der Waals surface area contributed by atoms with E-state index in [9.17, 15) is 19.5 Å². The molecule has 0 aliphatic carbocycles. The van der Waals surface area contributed by atoms with Crippen LogP contribution in [0.15, 0.2) is 24.3 Å². The average molecular weight is 490 g/mol. The van der Waals surface area contributed by atoms with Crippen LogP contribution in [0.5, 0.6) is 5.75 Å². The first kappa shape index (κ1) is 25.4. The zero-order chi connectivity index (χ0) is 24.8. The number of ether oxygens (including phenoxy) is 1. The molecule has 1 aromatic heterocycles. The van der Waals surface area contributed by atoms with Crippen LogP contribution in [0.1, 0.15) is 64.9 Å². The van der Waals surface area contributed by atoms with Gasteiger partial charge in [0.05, 0.1) is 11.8 Å². The molecule has 10 nitrogen and oxygen atoms in total. The van der Waals surface area contributed by atoms with E-state index in [0.717, 1.165) is 30.8 Å².